The summed E-state index contributed by atoms with van der Waals surface area (Å²) in [5.41, 5.74) is 0. The molecule has 0 bridgehead atoms. The molecule has 88 valence electrons. The molecule has 2 heterocycles. The summed E-state index contributed by atoms with van der Waals surface area (Å²) < 4.78 is 0.995. The quantitative estimate of drug-likeness (QED) is 0.626. The molecular formula is C11H8BrNO2S2. The van der Waals surface area contributed by atoms with Crippen LogP contribution in [0.2, 0.25) is 0 Å². The van der Waals surface area contributed by atoms with E-state index in [2.05, 4.69) is 22.5 Å². The SMILES string of the molecule is C=CCN1C(=O)S/C(=C/c2ccc(Br)s2)C1=O. The van der Waals surface area contributed by atoms with E-state index >= 15 is 0 Å². The molecule has 0 aromatic carbocycles. The van der Waals surface area contributed by atoms with Crippen LogP contribution in [-0.4, -0.2) is 22.6 Å². The molecule has 0 unspecified atom stereocenters. The van der Waals surface area contributed by atoms with E-state index in [1.54, 1.807) is 12.2 Å². The zero-order valence-corrected chi connectivity index (χ0v) is 11.9. The molecule has 1 saturated heterocycles. The Balaban J connectivity index is 2.24. The fraction of sp³-hybridized carbons (Fsp3) is 0.0909. The predicted octanol–water partition coefficient (Wildman–Crippen LogP) is 3.73. The Morgan fingerprint density at radius 2 is 2.18 bits per heavy atom. The number of carbonyl (C=O) groups excluding carboxylic acids is 2. The molecule has 1 aromatic rings. The Morgan fingerprint density at radius 3 is 2.76 bits per heavy atom. The van der Waals surface area contributed by atoms with Crippen LogP contribution in [0.5, 0.6) is 0 Å². The third kappa shape index (κ3) is 2.70. The smallest absolute Gasteiger partial charge is 0.268 e. The van der Waals surface area contributed by atoms with Crippen LogP contribution in [0, 0.1) is 0 Å². The molecule has 0 spiro atoms. The summed E-state index contributed by atoms with van der Waals surface area (Å²) in [6, 6.07) is 3.81. The maximum absolute atomic E-state index is 11.9. The maximum atomic E-state index is 11.9. The van der Waals surface area contributed by atoms with Crippen molar-refractivity contribution in [3.63, 3.8) is 0 Å². The molecule has 3 nitrogen and oxygen atoms in total. The minimum absolute atomic E-state index is 0.239. The molecule has 6 heteroatoms. The number of hydrogen-bond donors (Lipinski definition) is 0. The van der Waals surface area contributed by atoms with Crippen LogP contribution in [-0.2, 0) is 4.79 Å². The van der Waals surface area contributed by atoms with Crippen molar-refractivity contribution >= 4 is 56.3 Å². The first-order valence-corrected chi connectivity index (χ1v) is 7.16. The first-order valence-electron chi connectivity index (χ1n) is 4.73. The highest BCUT2D eigenvalue weighted by molar-refractivity contribution is 9.11. The summed E-state index contributed by atoms with van der Waals surface area (Å²) in [7, 11) is 0. The fourth-order valence-electron chi connectivity index (χ4n) is 1.32. The van der Waals surface area contributed by atoms with Gasteiger partial charge in [-0.15, -0.1) is 17.9 Å². The number of rotatable bonds is 3. The van der Waals surface area contributed by atoms with Crippen LogP contribution in [0.25, 0.3) is 6.08 Å². The van der Waals surface area contributed by atoms with Crippen LogP contribution in [0.4, 0.5) is 4.79 Å². The summed E-state index contributed by atoms with van der Waals surface area (Å²) in [5, 5.41) is -0.239. The molecule has 17 heavy (non-hydrogen) atoms. The van der Waals surface area contributed by atoms with E-state index in [9.17, 15) is 9.59 Å². The largest absolute Gasteiger partial charge is 0.293 e. The number of hydrogen-bond acceptors (Lipinski definition) is 4. The second kappa shape index (κ2) is 5.20. The van der Waals surface area contributed by atoms with E-state index < -0.39 is 0 Å². The van der Waals surface area contributed by atoms with E-state index in [4.69, 9.17) is 0 Å². The Kier molecular flexibility index (Phi) is 3.86. The molecular weight excluding hydrogens is 322 g/mol. The average molecular weight is 330 g/mol. The highest BCUT2D eigenvalue weighted by atomic mass is 79.9. The minimum atomic E-state index is -0.246. The lowest BCUT2D eigenvalue weighted by Crippen LogP contribution is -2.27. The highest BCUT2D eigenvalue weighted by Crippen LogP contribution is 2.34. The van der Waals surface area contributed by atoms with Crippen molar-refractivity contribution in [1.82, 2.24) is 4.90 Å². The molecule has 0 aliphatic carbocycles. The van der Waals surface area contributed by atoms with E-state index in [0.29, 0.717) is 4.91 Å². The van der Waals surface area contributed by atoms with E-state index in [-0.39, 0.29) is 17.7 Å². The average Bonchev–Trinajstić information content (AvgIpc) is 2.79. The lowest BCUT2D eigenvalue weighted by molar-refractivity contribution is -0.122. The molecule has 1 fully saturated rings. The molecule has 2 amide bonds. The molecule has 2 rings (SSSR count). The predicted molar refractivity (Wildman–Crippen MR) is 74.9 cm³/mol. The Hall–Kier alpha value is -0.850. The van der Waals surface area contributed by atoms with Crippen molar-refractivity contribution in [1.29, 1.82) is 0 Å². The fourth-order valence-corrected chi connectivity index (χ4v) is 3.60. The van der Waals surface area contributed by atoms with Gasteiger partial charge in [-0.3, -0.25) is 14.5 Å². The monoisotopic (exact) mass is 329 g/mol. The third-order valence-corrected chi connectivity index (χ3v) is 4.53. The molecule has 1 aromatic heterocycles. The van der Waals surface area contributed by atoms with Crippen LogP contribution in [0.1, 0.15) is 4.88 Å². The first kappa shape index (κ1) is 12.6. The van der Waals surface area contributed by atoms with E-state index in [1.165, 1.54) is 16.2 Å². The van der Waals surface area contributed by atoms with Gasteiger partial charge in [0.1, 0.15) is 0 Å². The van der Waals surface area contributed by atoms with Gasteiger partial charge in [-0.2, -0.15) is 0 Å². The van der Waals surface area contributed by atoms with Crippen molar-refractivity contribution in [2.24, 2.45) is 0 Å². The molecule has 1 aliphatic heterocycles. The van der Waals surface area contributed by atoms with Gasteiger partial charge in [-0.25, -0.2) is 0 Å². The second-order valence-corrected chi connectivity index (χ2v) is 6.71. The summed E-state index contributed by atoms with van der Waals surface area (Å²) in [6.45, 7) is 3.79. The van der Waals surface area contributed by atoms with Gasteiger partial charge in [-0.05, 0) is 45.9 Å². The van der Waals surface area contributed by atoms with Gasteiger partial charge in [0.2, 0.25) is 0 Å². The van der Waals surface area contributed by atoms with Gasteiger partial charge in [0, 0.05) is 11.4 Å². The van der Waals surface area contributed by atoms with Gasteiger partial charge in [0.25, 0.3) is 11.1 Å². The van der Waals surface area contributed by atoms with Gasteiger partial charge in [0.05, 0.1) is 8.69 Å². The zero-order chi connectivity index (χ0) is 12.4. The number of halogens is 1. The van der Waals surface area contributed by atoms with Crippen LogP contribution >= 0.6 is 39.0 Å². The zero-order valence-electron chi connectivity index (χ0n) is 8.68. The number of amides is 2. The van der Waals surface area contributed by atoms with E-state index in [1.807, 2.05) is 12.1 Å². The van der Waals surface area contributed by atoms with Gasteiger partial charge in [-0.1, -0.05) is 6.08 Å². The topological polar surface area (TPSA) is 37.4 Å². The number of nitrogens with zero attached hydrogens (tertiary/aromatic N) is 1. The lowest BCUT2D eigenvalue weighted by Gasteiger charge is -2.07. The Bertz CT molecular complexity index is 521. The molecule has 0 saturated carbocycles. The number of imide groups is 1. The van der Waals surface area contributed by atoms with Crippen molar-refractivity contribution in [3.8, 4) is 0 Å². The summed E-state index contributed by atoms with van der Waals surface area (Å²) in [4.78, 5) is 26.0. The Labute approximate surface area is 115 Å². The van der Waals surface area contributed by atoms with Crippen molar-refractivity contribution in [3.05, 3.63) is 38.4 Å². The maximum Gasteiger partial charge on any atom is 0.293 e. The van der Waals surface area contributed by atoms with E-state index in [0.717, 1.165) is 20.4 Å². The molecule has 1 aliphatic rings. The van der Waals surface area contributed by atoms with Crippen molar-refractivity contribution in [2.75, 3.05) is 6.54 Å². The van der Waals surface area contributed by atoms with Crippen LogP contribution < -0.4 is 0 Å². The normalized spacial score (nSPS) is 18.2. The van der Waals surface area contributed by atoms with Gasteiger partial charge >= 0.3 is 0 Å². The number of thioether (sulfide) groups is 1. The number of thiophene rings is 1. The molecule has 0 atom stereocenters. The van der Waals surface area contributed by atoms with Crippen LogP contribution in [0.15, 0.2) is 33.5 Å². The first-order chi connectivity index (χ1) is 8.11. The summed E-state index contributed by atoms with van der Waals surface area (Å²) in [6.07, 6.45) is 3.28. The van der Waals surface area contributed by atoms with Gasteiger partial charge in [0.15, 0.2) is 0 Å². The van der Waals surface area contributed by atoms with Gasteiger partial charge < -0.3 is 0 Å². The molecule has 0 radical (unpaired) electrons. The highest BCUT2D eigenvalue weighted by Gasteiger charge is 2.34. The van der Waals surface area contributed by atoms with Crippen molar-refractivity contribution < 1.29 is 9.59 Å². The standard InChI is InChI=1S/C11H8BrNO2S2/c1-2-5-13-10(14)8(17-11(13)15)6-7-3-4-9(12)16-7/h2-4,6H,1,5H2/b8-6+. The third-order valence-electron chi connectivity index (χ3n) is 2.05. The van der Waals surface area contributed by atoms with Crippen LogP contribution in [0.3, 0.4) is 0 Å². The van der Waals surface area contributed by atoms with Crippen molar-refractivity contribution in [2.45, 2.75) is 0 Å². The lowest BCUT2D eigenvalue weighted by atomic mass is 10.3. The minimum Gasteiger partial charge on any atom is -0.268 e. The summed E-state index contributed by atoms with van der Waals surface area (Å²) >= 11 is 5.84. The number of carbonyl (C=O) groups is 2. The Morgan fingerprint density at radius 1 is 1.41 bits per heavy atom. The molecule has 0 N–H and O–H groups in total. The summed E-state index contributed by atoms with van der Waals surface area (Å²) in [5.74, 6) is -0.246. The second-order valence-electron chi connectivity index (χ2n) is 3.22.